The van der Waals surface area contributed by atoms with Crippen molar-refractivity contribution in [3.05, 3.63) is 70.4 Å². The molecule has 1 aromatic carbocycles. The molecule has 0 radical (unpaired) electrons. The highest BCUT2D eigenvalue weighted by Crippen LogP contribution is 2.22. The second kappa shape index (κ2) is 6.25. The Morgan fingerprint density at radius 2 is 2.18 bits per heavy atom. The lowest BCUT2D eigenvalue weighted by atomic mass is 10.2. The highest BCUT2D eigenvalue weighted by Gasteiger charge is 2.10. The Morgan fingerprint density at radius 1 is 1.32 bits per heavy atom. The minimum Gasteiger partial charge on any atom is -0.459 e. The molecular formula is C15H11Cl2N3O2. The summed E-state index contributed by atoms with van der Waals surface area (Å²) in [6.07, 6.45) is 4.72. The number of hydrogen-bond donors (Lipinski definition) is 1. The van der Waals surface area contributed by atoms with Gasteiger partial charge in [0.05, 0.1) is 24.7 Å². The first-order valence-corrected chi connectivity index (χ1v) is 7.18. The summed E-state index contributed by atoms with van der Waals surface area (Å²) >= 11 is 12.0. The molecule has 22 heavy (non-hydrogen) atoms. The zero-order chi connectivity index (χ0) is 15.5. The fourth-order valence-electron chi connectivity index (χ4n) is 1.94. The van der Waals surface area contributed by atoms with Gasteiger partial charge in [-0.15, -0.1) is 0 Å². The van der Waals surface area contributed by atoms with E-state index in [1.807, 2.05) is 6.07 Å². The number of anilines is 1. The van der Waals surface area contributed by atoms with Gasteiger partial charge in [-0.1, -0.05) is 29.3 Å². The maximum Gasteiger partial charge on any atom is 0.291 e. The van der Waals surface area contributed by atoms with E-state index in [0.717, 1.165) is 5.56 Å². The Hall–Kier alpha value is -2.24. The van der Waals surface area contributed by atoms with Crippen molar-refractivity contribution >= 4 is 34.8 Å². The molecule has 3 aromatic rings. The number of amides is 1. The monoisotopic (exact) mass is 335 g/mol. The van der Waals surface area contributed by atoms with E-state index in [1.165, 1.54) is 6.26 Å². The van der Waals surface area contributed by atoms with Crippen LogP contribution in [0.15, 0.2) is 53.4 Å². The zero-order valence-corrected chi connectivity index (χ0v) is 12.8. The van der Waals surface area contributed by atoms with Crippen LogP contribution >= 0.6 is 23.2 Å². The van der Waals surface area contributed by atoms with Crippen LogP contribution in [0.3, 0.4) is 0 Å². The smallest absolute Gasteiger partial charge is 0.291 e. The van der Waals surface area contributed by atoms with Crippen LogP contribution in [-0.4, -0.2) is 15.7 Å². The summed E-state index contributed by atoms with van der Waals surface area (Å²) in [7, 11) is 0. The first-order valence-electron chi connectivity index (χ1n) is 6.43. The number of furan rings is 1. The molecule has 0 aliphatic carbocycles. The summed E-state index contributed by atoms with van der Waals surface area (Å²) in [6.45, 7) is 0.479. The first kappa shape index (κ1) is 14.7. The Bertz CT molecular complexity index is 797. The molecule has 0 aliphatic rings. The molecule has 112 valence electrons. The van der Waals surface area contributed by atoms with E-state index in [2.05, 4.69) is 10.4 Å². The van der Waals surface area contributed by atoms with Gasteiger partial charge in [0.2, 0.25) is 0 Å². The van der Waals surface area contributed by atoms with E-state index in [4.69, 9.17) is 27.6 Å². The van der Waals surface area contributed by atoms with Crippen molar-refractivity contribution in [2.24, 2.45) is 0 Å². The molecule has 0 saturated heterocycles. The summed E-state index contributed by atoms with van der Waals surface area (Å²) in [6, 6.07) is 8.54. The van der Waals surface area contributed by atoms with Gasteiger partial charge >= 0.3 is 0 Å². The van der Waals surface area contributed by atoms with Gasteiger partial charge in [-0.3, -0.25) is 9.48 Å². The van der Waals surface area contributed by atoms with E-state index >= 15 is 0 Å². The third kappa shape index (κ3) is 3.32. The number of carbonyl (C=O) groups is 1. The van der Waals surface area contributed by atoms with Crippen molar-refractivity contribution in [1.29, 1.82) is 0 Å². The molecule has 0 fully saturated rings. The van der Waals surface area contributed by atoms with Crippen molar-refractivity contribution in [2.45, 2.75) is 6.54 Å². The highest BCUT2D eigenvalue weighted by molar-refractivity contribution is 6.35. The fraction of sp³-hybridized carbons (Fsp3) is 0.0667. The van der Waals surface area contributed by atoms with Crippen LogP contribution in [0.5, 0.6) is 0 Å². The van der Waals surface area contributed by atoms with Crippen LogP contribution in [0.2, 0.25) is 10.0 Å². The molecule has 0 saturated carbocycles. The summed E-state index contributed by atoms with van der Waals surface area (Å²) < 4.78 is 6.70. The molecule has 1 amide bonds. The molecule has 5 nitrogen and oxygen atoms in total. The molecule has 0 spiro atoms. The van der Waals surface area contributed by atoms with Crippen molar-refractivity contribution in [1.82, 2.24) is 9.78 Å². The Balaban J connectivity index is 1.70. The number of benzene rings is 1. The minimum atomic E-state index is -0.325. The molecule has 3 rings (SSSR count). The second-order valence-corrected chi connectivity index (χ2v) is 5.44. The molecule has 2 heterocycles. The van der Waals surface area contributed by atoms with Gasteiger partial charge in [0, 0.05) is 16.2 Å². The second-order valence-electron chi connectivity index (χ2n) is 4.59. The number of aromatic nitrogens is 2. The molecule has 7 heteroatoms. The molecule has 1 N–H and O–H groups in total. The number of hydrogen-bond acceptors (Lipinski definition) is 3. The lowest BCUT2D eigenvalue weighted by Crippen LogP contribution is -2.10. The zero-order valence-electron chi connectivity index (χ0n) is 11.3. The maximum absolute atomic E-state index is 11.9. The largest absolute Gasteiger partial charge is 0.459 e. The Labute approximate surface area is 136 Å². The first-order chi connectivity index (χ1) is 10.6. The lowest BCUT2D eigenvalue weighted by molar-refractivity contribution is 0.0996. The lowest BCUT2D eigenvalue weighted by Gasteiger charge is -2.05. The van der Waals surface area contributed by atoms with Crippen molar-refractivity contribution < 1.29 is 9.21 Å². The van der Waals surface area contributed by atoms with Gasteiger partial charge in [0.25, 0.3) is 5.91 Å². The van der Waals surface area contributed by atoms with Crippen LogP contribution in [-0.2, 0) is 6.54 Å². The quantitative estimate of drug-likeness (QED) is 0.781. The number of nitrogens with one attached hydrogen (secondary N) is 1. The third-order valence-corrected chi connectivity index (χ3v) is 3.57. The standard InChI is InChI=1S/C15H11Cl2N3O2/c16-11-4-3-10(13(17)6-11)8-20-9-12(7-18-20)19-15(21)14-2-1-5-22-14/h1-7,9H,8H2,(H,19,21). The van der Waals surface area contributed by atoms with E-state index in [1.54, 1.807) is 41.3 Å². The molecule has 2 aromatic heterocycles. The fourth-order valence-corrected chi connectivity index (χ4v) is 2.41. The average Bonchev–Trinajstić information content (AvgIpc) is 3.13. The van der Waals surface area contributed by atoms with E-state index in [-0.39, 0.29) is 11.7 Å². The van der Waals surface area contributed by atoms with Crippen molar-refractivity contribution in [3.63, 3.8) is 0 Å². The molecular weight excluding hydrogens is 325 g/mol. The number of nitrogens with zero attached hydrogens (tertiary/aromatic N) is 2. The SMILES string of the molecule is O=C(Nc1cnn(Cc2ccc(Cl)cc2Cl)c1)c1ccco1. The minimum absolute atomic E-state index is 0.244. The number of rotatable bonds is 4. The summed E-state index contributed by atoms with van der Waals surface area (Å²) in [4.78, 5) is 11.9. The Morgan fingerprint density at radius 3 is 2.91 bits per heavy atom. The highest BCUT2D eigenvalue weighted by atomic mass is 35.5. The normalized spacial score (nSPS) is 10.6. The van der Waals surface area contributed by atoms with Crippen LogP contribution < -0.4 is 5.32 Å². The third-order valence-electron chi connectivity index (χ3n) is 2.98. The molecule has 0 aliphatic heterocycles. The maximum atomic E-state index is 11.9. The van der Waals surface area contributed by atoms with Crippen LogP contribution in [0, 0.1) is 0 Å². The van der Waals surface area contributed by atoms with Crippen LogP contribution in [0.4, 0.5) is 5.69 Å². The van der Waals surface area contributed by atoms with Gasteiger partial charge < -0.3 is 9.73 Å². The predicted octanol–water partition coefficient (Wildman–Crippen LogP) is 4.08. The van der Waals surface area contributed by atoms with Gasteiger partial charge in [-0.2, -0.15) is 5.10 Å². The van der Waals surface area contributed by atoms with Gasteiger partial charge in [0.15, 0.2) is 5.76 Å². The molecule has 0 bridgehead atoms. The summed E-state index contributed by atoms with van der Waals surface area (Å²) in [5.74, 6) is -0.0810. The Kier molecular flexibility index (Phi) is 4.18. The van der Waals surface area contributed by atoms with Crippen molar-refractivity contribution in [2.75, 3.05) is 5.32 Å². The summed E-state index contributed by atoms with van der Waals surface area (Å²) in [5, 5.41) is 8.05. The topological polar surface area (TPSA) is 60.1 Å². The van der Waals surface area contributed by atoms with Gasteiger partial charge in [0.1, 0.15) is 0 Å². The van der Waals surface area contributed by atoms with E-state index in [9.17, 15) is 4.79 Å². The van der Waals surface area contributed by atoms with Crippen LogP contribution in [0.25, 0.3) is 0 Å². The summed E-state index contributed by atoms with van der Waals surface area (Å²) in [5.41, 5.74) is 1.46. The molecule has 0 unspecified atom stereocenters. The van der Waals surface area contributed by atoms with Gasteiger partial charge in [-0.25, -0.2) is 0 Å². The van der Waals surface area contributed by atoms with E-state index in [0.29, 0.717) is 22.3 Å². The van der Waals surface area contributed by atoms with Gasteiger partial charge in [-0.05, 0) is 29.8 Å². The average molecular weight is 336 g/mol. The predicted molar refractivity (Wildman–Crippen MR) is 84.5 cm³/mol. The number of halogens is 2. The van der Waals surface area contributed by atoms with Crippen molar-refractivity contribution in [3.8, 4) is 0 Å². The van der Waals surface area contributed by atoms with E-state index < -0.39 is 0 Å². The van der Waals surface area contributed by atoms with Crippen LogP contribution in [0.1, 0.15) is 16.1 Å². The molecule has 0 atom stereocenters. The number of carbonyl (C=O) groups excluding carboxylic acids is 1.